The number of nitrogens with zero attached hydrogens (tertiary/aromatic N) is 2. The predicted octanol–water partition coefficient (Wildman–Crippen LogP) is 3.67. The molecule has 0 radical (unpaired) electrons. The van der Waals surface area contributed by atoms with E-state index in [4.69, 9.17) is 4.74 Å². The summed E-state index contributed by atoms with van der Waals surface area (Å²) in [5.41, 5.74) is 2.92. The standard InChI is InChI=1S/C25H27N3O4S/c1-20-6-5-9-24(18-20)33(30,31)28(23-7-3-2-4-8-23)19-25(29)26-21-10-12-22(13-11-21)27-14-16-32-17-15-27/h2-13,18H,14-17,19H2,1H3,(H,26,29). The molecule has 1 saturated heterocycles. The molecular formula is C25H27N3O4S. The van der Waals surface area contributed by atoms with Crippen molar-refractivity contribution in [1.29, 1.82) is 0 Å². The fraction of sp³-hybridized carbons (Fsp3) is 0.240. The van der Waals surface area contributed by atoms with E-state index in [0.717, 1.165) is 28.6 Å². The highest BCUT2D eigenvalue weighted by Gasteiger charge is 2.27. The number of hydrogen-bond acceptors (Lipinski definition) is 5. The SMILES string of the molecule is Cc1cccc(S(=O)(=O)N(CC(=O)Nc2ccc(N3CCOCC3)cc2)c2ccccc2)c1. The lowest BCUT2D eigenvalue weighted by molar-refractivity contribution is -0.114. The molecule has 0 unspecified atom stereocenters. The number of carbonyl (C=O) groups is 1. The molecule has 1 aliphatic heterocycles. The molecule has 172 valence electrons. The van der Waals surface area contributed by atoms with Gasteiger partial charge < -0.3 is 15.0 Å². The van der Waals surface area contributed by atoms with Crippen LogP contribution in [-0.4, -0.2) is 47.2 Å². The third kappa shape index (κ3) is 5.53. The highest BCUT2D eigenvalue weighted by molar-refractivity contribution is 7.92. The van der Waals surface area contributed by atoms with Crippen LogP contribution in [0, 0.1) is 6.92 Å². The Kier molecular flexibility index (Phi) is 6.96. The number of benzene rings is 3. The van der Waals surface area contributed by atoms with Gasteiger partial charge in [-0.2, -0.15) is 0 Å². The van der Waals surface area contributed by atoms with Crippen LogP contribution in [0.3, 0.4) is 0 Å². The minimum Gasteiger partial charge on any atom is -0.378 e. The van der Waals surface area contributed by atoms with E-state index >= 15 is 0 Å². The maximum absolute atomic E-state index is 13.4. The van der Waals surface area contributed by atoms with Gasteiger partial charge in [-0.25, -0.2) is 8.42 Å². The predicted molar refractivity (Wildman–Crippen MR) is 130 cm³/mol. The molecule has 3 aromatic carbocycles. The fourth-order valence-electron chi connectivity index (χ4n) is 3.72. The van der Waals surface area contributed by atoms with E-state index in [-0.39, 0.29) is 11.4 Å². The van der Waals surface area contributed by atoms with E-state index in [2.05, 4.69) is 10.2 Å². The highest BCUT2D eigenvalue weighted by Crippen LogP contribution is 2.24. The second-order valence-electron chi connectivity index (χ2n) is 7.86. The first kappa shape index (κ1) is 22.8. The number of morpholine rings is 1. The first-order chi connectivity index (χ1) is 15.9. The van der Waals surface area contributed by atoms with Crippen LogP contribution in [-0.2, 0) is 19.6 Å². The van der Waals surface area contributed by atoms with Gasteiger partial charge in [-0.05, 0) is 61.0 Å². The smallest absolute Gasteiger partial charge is 0.264 e. The van der Waals surface area contributed by atoms with E-state index in [1.54, 1.807) is 48.5 Å². The number of ether oxygens (including phenoxy) is 1. The van der Waals surface area contributed by atoms with Crippen LogP contribution in [0.2, 0.25) is 0 Å². The second-order valence-corrected chi connectivity index (χ2v) is 9.72. The van der Waals surface area contributed by atoms with E-state index in [0.29, 0.717) is 24.6 Å². The van der Waals surface area contributed by atoms with Gasteiger partial charge in [-0.3, -0.25) is 9.10 Å². The lowest BCUT2D eigenvalue weighted by Gasteiger charge is -2.29. The number of carbonyl (C=O) groups excluding carboxylic acids is 1. The van der Waals surface area contributed by atoms with Crippen molar-refractivity contribution in [2.75, 3.05) is 47.4 Å². The molecule has 1 fully saturated rings. The van der Waals surface area contributed by atoms with Crippen molar-refractivity contribution in [3.8, 4) is 0 Å². The van der Waals surface area contributed by atoms with Crippen molar-refractivity contribution in [1.82, 2.24) is 0 Å². The highest BCUT2D eigenvalue weighted by atomic mass is 32.2. The Morgan fingerprint density at radius 3 is 2.33 bits per heavy atom. The molecule has 0 aliphatic carbocycles. The number of aryl methyl sites for hydroxylation is 1. The Bertz CT molecular complexity index is 1190. The van der Waals surface area contributed by atoms with E-state index in [1.807, 2.05) is 37.3 Å². The van der Waals surface area contributed by atoms with E-state index < -0.39 is 15.9 Å². The monoisotopic (exact) mass is 465 g/mol. The van der Waals surface area contributed by atoms with Crippen molar-refractivity contribution in [3.05, 3.63) is 84.4 Å². The van der Waals surface area contributed by atoms with Crippen LogP contribution in [0.5, 0.6) is 0 Å². The van der Waals surface area contributed by atoms with Crippen LogP contribution < -0.4 is 14.5 Å². The summed E-state index contributed by atoms with van der Waals surface area (Å²) in [6, 6.07) is 22.9. The Hall–Kier alpha value is -3.36. The number of rotatable bonds is 7. The lowest BCUT2D eigenvalue weighted by atomic mass is 10.2. The summed E-state index contributed by atoms with van der Waals surface area (Å²) in [6.45, 7) is 4.54. The second kappa shape index (κ2) is 10.1. The topological polar surface area (TPSA) is 79.0 Å². The van der Waals surface area contributed by atoms with Crippen LogP contribution >= 0.6 is 0 Å². The number of para-hydroxylation sites is 1. The molecular weight excluding hydrogens is 438 g/mol. The van der Waals surface area contributed by atoms with Crippen LogP contribution in [0.15, 0.2) is 83.8 Å². The van der Waals surface area contributed by atoms with Crippen molar-refractivity contribution in [2.24, 2.45) is 0 Å². The molecule has 1 N–H and O–H groups in total. The molecule has 8 heteroatoms. The molecule has 1 heterocycles. The zero-order valence-corrected chi connectivity index (χ0v) is 19.3. The average molecular weight is 466 g/mol. The Morgan fingerprint density at radius 1 is 0.970 bits per heavy atom. The Morgan fingerprint density at radius 2 is 1.67 bits per heavy atom. The van der Waals surface area contributed by atoms with Crippen LogP contribution in [0.4, 0.5) is 17.1 Å². The number of hydrogen-bond donors (Lipinski definition) is 1. The molecule has 0 bridgehead atoms. The Balaban J connectivity index is 1.52. The minimum absolute atomic E-state index is 0.147. The van der Waals surface area contributed by atoms with Gasteiger partial charge in [-0.1, -0.05) is 30.3 Å². The molecule has 0 saturated carbocycles. The zero-order chi connectivity index (χ0) is 23.3. The van der Waals surface area contributed by atoms with E-state index in [1.165, 1.54) is 0 Å². The first-order valence-corrected chi connectivity index (χ1v) is 12.2. The van der Waals surface area contributed by atoms with Gasteiger partial charge in [0.25, 0.3) is 10.0 Å². The maximum Gasteiger partial charge on any atom is 0.264 e. The minimum atomic E-state index is -3.93. The summed E-state index contributed by atoms with van der Waals surface area (Å²) in [4.78, 5) is 15.3. The summed E-state index contributed by atoms with van der Waals surface area (Å²) in [5, 5.41) is 2.82. The maximum atomic E-state index is 13.4. The summed E-state index contributed by atoms with van der Waals surface area (Å²) in [5.74, 6) is -0.422. The largest absolute Gasteiger partial charge is 0.378 e. The average Bonchev–Trinajstić information content (AvgIpc) is 2.84. The van der Waals surface area contributed by atoms with Crippen molar-refractivity contribution >= 4 is 33.0 Å². The molecule has 1 amide bonds. The number of sulfonamides is 1. The number of amides is 1. The first-order valence-electron chi connectivity index (χ1n) is 10.8. The molecule has 0 atom stereocenters. The molecule has 0 spiro atoms. The Labute approximate surface area is 194 Å². The normalized spacial score (nSPS) is 14.0. The van der Waals surface area contributed by atoms with Gasteiger partial charge >= 0.3 is 0 Å². The van der Waals surface area contributed by atoms with Gasteiger partial charge in [0.1, 0.15) is 6.54 Å². The van der Waals surface area contributed by atoms with Crippen LogP contribution in [0.25, 0.3) is 0 Å². The lowest BCUT2D eigenvalue weighted by Crippen LogP contribution is -2.38. The van der Waals surface area contributed by atoms with Crippen molar-refractivity contribution in [3.63, 3.8) is 0 Å². The summed E-state index contributed by atoms with van der Waals surface area (Å²) < 4.78 is 33.4. The zero-order valence-electron chi connectivity index (χ0n) is 18.5. The van der Waals surface area contributed by atoms with E-state index in [9.17, 15) is 13.2 Å². The fourth-order valence-corrected chi connectivity index (χ4v) is 5.25. The van der Waals surface area contributed by atoms with Crippen LogP contribution in [0.1, 0.15) is 5.56 Å². The molecule has 3 aromatic rings. The third-order valence-corrected chi connectivity index (χ3v) is 7.21. The molecule has 1 aliphatic rings. The molecule has 4 rings (SSSR count). The molecule has 0 aromatic heterocycles. The van der Waals surface area contributed by atoms with Gasteiger partial charge in [0.2, 0.25) is 5.91 Å². The third-order valence-electron chi connectivity index (χ3n) is 5.44. The summed E-state index contributed by atoms with van der Waals surface area (Å²) >= 11 is 0. The van der Waals surface area contributed by atoms with Gasteiger partial charge in [0.05, 0.1) is 23.8 Å². The molecule has 33 heavy (non-hydrogen) atoms. The number of nitrogens with one attached hydrogen (secondary N) is 1. The van der Waals surface area contributed by atoms with Crippen molar-refractivity contribution < 1.29 is 17.9 Å². The molecule has 7 nitrogen and oxygen atoms in total. The number of anilines is 3. The summed E-state index contributed by atoms with van der Waals surface area (Å²) in [7, 11) is -3.93. The van der Waals surface area contributed by atoms with Gasteiger partial charge in [0.15, 0.2) is 0 Å². The summed E-state index contributed by atoms with van der Waals surface area (Å²) in [6.07, 6.45) is 0. The quantitative estimate of drug-likeness (QED) is 0.576. The van der Waals surface area contributed by atoms with Crippen molar-refractivity contribution in [2.45, 2.75) is 11.8 Å². The van der Waals surface area contributed by atoms with Gasteiger partial charge in [0, 0.05) is 24.5 Å². The van der Waals surface area contributed by atoms with Gasteiger partial charge in [-0.15, -0.1) is 0 Å².